The molecule has 2 rings (SSSR count). The molecule has 0 aliphatic heterocycles. The van der Waals surface area contributed by atoms with Crippen molar-refractivity contribution >= 4 is 16.7 Å². The van der Waals surface area contributed by atoms with Crippen molar-refractivity contribution < 1.29 is 4.79 Å². The Kier molecular flexibility index (Phi) is 3.40. The van der Waals surface area contributed by atoms with Gasteiger partial charge < -0.3 is 11.1 Å². The Bertz CT molecular complexity index is 549. The fourth-order valence-electron chi connectivity index (χ4n) is 1.85. The quantitative estimate of drug-likeness (QED) is 0.837. The van der Waals surface area contributed by atoms with Gasteiger partial charge in [0, 0.05) is 6.54 Å². The van der Waals surface area contributed by atoms with E-state index in [9.17, 15) is 4.79 Å². The number of carbonyl (C=O) groups is 1. The third-order valence-electron chi connectivity index (χ3n) is 2.69. The molecule has 17 heavy (non-hydrogen) atoms. The Labute approximate surface area is 101 Å². The maximum absolute atomic E-state index is 10.6. The number of primary amides is 1. The minimum Gasteiger partial charge on any atom is -0.369 e. The molecule has 3 N–H and O–H groups in total. The van der Waals surface area contributed by atoms with E-state index in [0.29, 0.717) is 6.54 Å². The van der Waals surface area contributed by atoms with Crippen molar-refractivity contribution in [3.05, 3.63) is 47.5 Å². The zero-order valence-electron chi connectivity index (χ0n) is 9.86. The van der Waals surface area contributed by atoms with Crippen molar-refractivity contribution in [3.63, 3.8) is 0 Å². The molecular formula is C14H16N2O. The molecule has 0 unspecified atom stereocenters. The van der Waals surface area contributed by atoms with Gasteiger partial charge in [-0.2, -0.15) is 0 Å². The first-order chi connectivity index (χ1) is 8.15. The maximum Gasteiger partial charge on any atom is 0.231 e. The summed E-state index contributed by atoms with van der Waals surface area (Å²) in [6, 6.07) is 12.7. The lowest BCUT2D eigenvalue weighted by Gasteiger charge is -2.05. The van der Waals surface area contributed by atoms with E-state index in [2.05, 4.69) is 48.6 Å². The predicted molar refractivity (Wildman–Crippen MR) is 69.6 cm³/mol. The van der Waals surface area contributed by atoms with Crippen molar-refractivity contribution in [1.29, 1.82) is 0 Å². The van der Waals surface area contributed by atoms with Crippen molar-refractivity contribution in [2.75, 3.05) is 6.54 Å². The first-order valence-electron chi connectivity index (χ1n) is 5.63. The molecule has 0 radical (unpaired) electrons. The number of fused-ring (bicyclic) bond motifs is 1. The smallest absolute Gasteiger partial charge is 0.231 e. The van der Waals surface area contributed by atoms with Gasteiger partial charge in [0.2, 0.25) is 5.91 Å². The van der Waals surface area contributed by atoms with Crippen LogP contribution < -0.4 is 11.1 Å². The highest BCUT2D eigenvalue weighted by atomic mass is 16.1. The number of hydrogen-bond donors (Lipinski definition) is 2. The van der Waals surface area contributed by atoms with E-state index in [1.54, 1.807) is 0 Å². The minimum atomic E-state index is -0.332. The highest BCUT2D eigenvalue weighted by Crippen LogP contribution is 2.17. The SMILES string of the molecule is Cc1ccc2cc(CNCC(N)=O)ccc2c1. The van der Waals surface area contributed by atoms with Gasteiger partial charge in [-0.3, -0.25) is 4.79 Å². The fourth-order valence-corrected chi connectivity index (χ4v) is 1.85. The predicted octanol–water partition coefficient (Wildman–Crippen LogP) is 1.72. The topological polar surface area (TPSA) is 55.1 Å². The summed E-state index contributed by atoms with van der Waals surface area (Å²) in [5.41, 5.74) is 7.48. The van der Waals surface area contributed by atoms with Crippen LogP contribution in [0, 0.1) is 6.92 Å². The van der Waals surface area contributed by atoms with E-state index < -0.39 is 0 Å². The molecule has 0 saturated carbocycles. The summed E-state index contributed by atoms with van der Waals surface area (Å²) in [4.78, 5) is 10.6. The van der Waals surface area contributed by atoms with Gasteiger partial charge in [-0.25, -0.2) is 0 Å². The van der Waals surface area contributed by atoms with Crippen LogP contribution in [0.4, 0.5) is 0 Å². The molecule has 0 aliphatic carbocycles. The van der Waals surface area contributed by atoms with Gasteiger partial charge in [-0.05, 0) is 29.3 Å². The van der Waals surface area contributed by atoms with Crippen LogP contribution in [0.1, 0.15) is 11.1 Å². The molecule has 88 valence electrons. The summed E-state index contributed by atoms with van der Waals surface area (Å²) in [7, 11) is 0. The summed E-state index contributed by atoms with van der Waals surface area (Å²) in [6.45, 7) is 2.96. The molecule has 0 fully saturated rings. The number of amides is 1. The second kappa shape index (κ2) is 4.97. The number of aryl methyl sites for hydroxylation is 1. The molecule has 0 aromatic heterocycles. The third kappa shape index (κ3) is 3.04. The largest absolute Gasteiger partial charge is 0.369 e. The Morgan fingerprint density at radius 2 is 1.88 bits per heavy atom. The lowest BCUT2D eigenvalue weighted by molar-refractivity contribution is -0.117. The van der Waals surface area contributed by atoms with Crippen LogP contribution in [0.3, 0.4) is 0 Å². The molecule has 1 amide bonds. The normalized spacial score (nSPS) is 10.6. The minimum absolute atomic E-state index is 0.214. The number of carbonyl (C=O) groups excluding carboxylic acids is 1. The van der Waals surface area contributed by atoms with Crippen LogP contribution in [-0.4, -0.2) is 12.5 Å². The summed E-state index contributed by atoms with van der Waals surface area (Å²) in [6.07, 6.45) is 0. The van der Waals surface area contributed by atoms with Crippen LogP contribution in [-0.2, 0) is 11.3 Å². The van der Waals surface area contributed by atoms with E-state index in [1.807, 2.05) is 0 Å². The molecule has 0 saturated heterocycles. The second-order valence-electron chi connectivity index (χ2n) is 4.25. The van der Waals surface area contributed by atoms with E-state index >= 15 is 0 Å². The Morgan fingerprint density at radius 1 is 1.18 bits per heavy atom. The van der Waals surface area contributed by atoms with E-state index in [-0.39, 0.29) is 12.5 Å². The van der Waals surface area contributed by atoms with Gasteiger partial charge in [-0.15, -0.1) is 0 Å². The summed E-state index contributed by atoms with van der Waals surface area (Å²) in [5.74, 6) is -0.332. The van der Waals surface area contributed by atoms with E-state index in [4.69, 9.17) is 5.73 Å². The lowest BCUT2D eigenvalue weighted by Crippen LogP contribution is -2.28. The van der Waals surface area contributed by atoms with E-state index in [0.717, 1.165) is 5.56 Å². The van der Waals surface area contributed by atoms with Gasteiger partial charge in [0.15, 0.2) is 0 Å². The zero-order valence-corrected chi connectivity index (χ0v) is 9.86. The van der Waals surface area contributed by atoms with Crippen LogP contribution >= 0.6 is 0 Å². The molecule has 2 aromatic carbocycles. The molecular weight excluding hydrogens is 212 g/mol. The first kappa shape index (κ1) is 11.6. The monoisotopic (exact) mass is 228 g/mol. The average Bonchev–Trinajstić information content (AvgIpc) is 2.29. The Balaban J connectivity index is 2.14. The lowest BCUT2D eigenvalue weighted by atomic mass is 10.0. The summed E-state index contributed by atoms with van der Waals surface area (Å²) >= 11 is 0. The van der Waals surface area contributed by atoms with Crippen LogP contribution in [0.2, 0.25) is 0 Å². The van der Waals surface area contributed by atoms with Crippen molar-refractivity contribution in [2.24, 2.45) is 5.73 Å². The molecule has 3 nitrogen and oxygen atoms in total. The summed E-state index contributed by atoms with van der Waals surface area (Å²) < 4.78 is 0. The highest BCUT2D eigenvalue weighted by molar-refractivity contribution is 5.83. The zero-order chi connectivity index (χ0) is 12.3. The Hall–Kier alpha value is -1.87. The highest BCUT2D eigenvalue weighted by Gasteiger charge is 1.98. The number of nitrogens with one attached hydrogen (secondary N) is 1. The van der Waals surface area contributed by atoms with Crippen LogP contribution in [0.15, 0.2) is 36.4 Å². The Morgan fingerprint density at radius 3 is 2.65 bits per heavy atom. The number of rotatable bonds is 4. The molecule has 2 aromatic rings. The van der Waals surface area contributed by atoms with Gasteiger partial charge in [0.25, 0.3) is 0 Å². The average molecular weight is 228 g/mol. The van der Waals surface area contributed by atoms with E-state index in [1.165, 1.54) is 16.3 Å². The molecule has 3 heteroatoms. The van der Waals surface area contributed by atoms with Crippen molar-refractivity contribution in [2.45, 2.75) is 13.5 Å². The molecule has 0 aliphatic rings. The molecule has 0 bridgehead atoms. The van der Waals surface area contributed by atoms with Crippen molar-refractivity contribution in [1.82, 2.24) is 5.32 Å². The van der Waals surface area contributed by atoms with Gasteiger partial charge in [-0.1, -0.05) is 35.9 Å². The standard InChI is InChI=1S/C14H16N2O/c1-10-2-4-13-7-11(3-5-12(13)6-10)8-16-9-14(15)17/h2-7,16H,8-9H2,1H3,(H2,15,17). The van der Waals surface area contributed by atoms with Gasteiger partial charge in [0.05, 0.1) is 6.54 Å². The number of hydrogen-bond acceptors (Lipinski definition) is 2. The summed E-state index contributed by atoms with van der Waals surface area (Å²) in [5, 5.41) is 5.46. The molecule has 0 spiro atoms. The fraction of sp³-hybridized carbons (Fsp3) is 0.214. The van der Waals surface area contributed by atoms with Gasteiger partial charge >= 0.3 is 0 Å². The second-order valence-corrected chi connectivity index (χ2v) is 4.25. The first-order valence-corrected chi connectivity index (χ1v) is 5.63. The number of benzene rings is 2. The van der Waals surface area contributed by atoms with Crippen LogP contribution in [0.5, 0.6) is 0 Å². The third-order valence-corrected chi connectivity index (χ3v) is 2.69. The van der Waals surface area contributed by atoms with Crippen LogP contribution in [0.25, 0.3) is 10.8 Å². The van der Waals surface area contributed by atoms with Crippen molar-refractivity contribution in [3.8, 4) is 0 Å². The maximum atomic E-state index is 10.6. The van der Waals surface area contributed by atoms with Gasteiger partial charge in [0.1, 0.15) is 0 Å². The molecule has 0 heterocycles. The number of nitrogens with two attached hydrogens (primary N) is 1. The molecule has 0 atom stereocenters.